The van der Waals surface area contributed by atoms with Crippen LogP contribution in [0.2, 0.25) is 0 Å². The van der Waals surface area contributed by atoms with Gasteiger partial charge in [-0.2, -0.15) is 0 Å². The Kier molecular flexibility index (Phi) is 8.88. The molecule has 0 aliphatic rings. The summed E-state index contributed by atoms with van der Waals surface area (Å²) in [5.74, 6) is 0. The normalized spacial score (nSPS) is 11.9. The van der Waals surface area contributed by atoms with Crippen molar-refractivity contribution in [3.63, 3.8) is 0 Å². The van der Waals surface area contributed by atoms with Gasteiger partial charge in [-0.1, -0.05) is 164 Å². The van der Waals surface area contributed by atoms with Crippen LogP contribution in [0.3, 0.4) is 0 Å². The van der Waals surface area contributed by atoms with E-state index in [-0.39, 0.29) is 5.63 Å². The zero-order valence-corrected chi connectivity index (χ0v) is 38.5. The van der Waals surface area contributed by atoms with Crippen LogP contribution in [-0.2, 0) is 7.05 Å². The van der Waals surface area contributed by atoms with Crippen molar-refractivity contribution in [1.29, 1.82) is 0 Å². The molecule has 7 heteroatoms. The summed E-state index contributed by atoms with van der Waals surface area (Å²) in [6.45, 7) is 1.96. The van der Waals surface area contributed by atoms with Crippen molar-refractivity contribution in [1.82, 2.24) is 14.5 Å². The van der Waals surface area contributed by atoms with Gasteiger partial charge < -0.3 is 13.4 Å². The minimum atomic E-state index is -0.447. The molecular formula is C64H39N3O4. The fourth-order valence-corrected chi connectivity index (χ4v) is 11.4. The molecule has 0 unspecified atom stereocenters. The molecule has 14 rings (SSSR count). The Balaban J connectivity index is 0.956. The van der Waals surface area contributed by atoms with Gasteiger partial charge in [-0.25, -0.2) is 9.59 Å². The lowest BCUT2D eigenvalue weighted by molar-refractivity contribution is 0.562. The second-order valence-electron chi connectivity index (χ2n) is 18.3. The topological polar surface area (TPSA) is 91.1 Å². The van der Waals surface area contributed by atoms with Crippen LogP contribution >= 0.6 is 0 Å². The van der Waals surface area contributed by atoms with Crippen molar-refractivity contribution in [2.45, 2.75) is 6.92 Å². The third kappa shape index (κ3) is 6.03. The quantitative estimate of drug-likeness (QED) is 0.0970. The van der Waals surface area contributed by atoms with Crippen LogP contribution in [0.25, 0.3) is 143 Å². The number of aryl methyl sites for hydroxylation is 1. The molecule has 0 amide bonds. The molecule has 0 bridgehead atoms. The number of fused-ring (bicyclic) bond motifs is 10. The van der Waals surface area contributed by atoms with Crippen LogP contribution in [-0.4, -0.2) is 14.5 Å². The van der Waals surface area contributed by atoms with Crippen LogP contribution < -0.4 is 11.3 Å². The lowest BCUT2D eigenvalue weighted by Crippen LogP contribution is -2.08. The Bertz CT molecular complexity index is 4600. The van der Waals surface area contributed by atoms with Gasteiger partial charge in [0.25, 0.3) is 0 Å². The van der Waals surface area contributed by atoms with Crippen molar-refractivity contribution in [3.8, 4) is 56.2 Å². The maximum atomic E-state index is 13.9. The standard InChI is InChI=1S/C64H39N3O4/c1-36-56-40-17-5-3-15-37(40)29-32-55(56)70-64(69)57(36)51-34-66-52(35-65-51)58-42-19-7-11-23-46(42)60(47-24-12-8-20-43(47)58)61-48-25-13-9-21-44(48)59(45-22-10-14-26-49(45)61)54-31-30-53(67(54)2)50-33-39-28-27-38-16-4-6-18-41(38)62(39)71-63(50)68/h3-35H,1-2H3. The summed E-state index contributed by atoms with van der Waals surface area (Å²) in [5.41, 5.74) is 9.21. The molecule has 0 fully saturated rings. The molecule has 0 saturated carbocycles. The van der Waals surface area contributed by atoms with Gasteiger partial charge in [0.05, 0.1) is 40.6 Å². The molecule has 4 aromatic heterocycles. The Morgan fingerprint density at radius 2 is 0.831 bits per heavy atom. The number of hydrogen-bond acceptors (Lipinski definition) is 6. The first kappa shape index (κ1) is 40.6. The Hall–Kier alpha value is -9.46. The van der Waals surface area contributed by atoms with Gasteiger partial charge >= 0.3 is 11.3 Å². The van der Waals surface area contributed by atoms with Crippen LogP contribution in [0.1, 0.15) is 5.56 Å². The molecule has 0 aliphatic heterocycles. The summed E-state index contributed by atoms with van der Waals surface area (Å²) in [6.07, 6.45) is 3.49. The zero-order chi connectivity index (χ0) is 47.5. The van der Waals surface area contributed by atoms with Gasteiger partial charge in [-0.05, 0) is 107 Å². The number of nitrogens with zero attached hydrogens (tertiary/aromatic N) is 3. The van der Waals surface area contributed by atoms with E-state index in [1.54, 1.807) is 12.4 Å². The molecule has 7 nitrogen and oxygen atoms in total. The first-order valence-electron chi connectivity index (χ1n) is 23.7. The minimum absolute atomic E-state index is 0.378. The molecular weight excluding hydrogens is 875 g/mol. The Morgan fingerprint density at radius 1 is 0.394 bits per heavy atom. The maximum Gasteiger partial charge on any atom is 0.346 e. The molecule has 14 aromatic rings. The lowest BCUT2D eigenvalue weighted by atomic mass is 9.82. The van der Waals surface area contributed by atoms with Gasteiger partial charge in [0.2, 0.25) is 0 Å². The lowest BCUT2D eigenvalue weighted by Gasteiger charge is -2.22. The first-order chi connectivity index (χ1) is 34.9. The fourth-order valence-electron chi connectivity index (χ4n) is 11.4. The number of hydrogen-bond donors (Lipinski definition) is 0. The van der Waals surface area contributed by atoms with E-state index in [0.717, 1.165) is 115 Å². The highest BCUT2D eigenvalue weighted by molar-refractivity contribution is 6.29. The fraction of sp³-hybridized carbons (Fsp3) is 0.0312. The largest absolute Gasteiger partial charge is 0.422 e. The third-order valence-corrected chi connectivity index (χ3v) is 14.6. The first-order valence-corrected chi connectivity index (χ1v) is 23.7. The second kappa shape index (κ2) is 15.5. The number of aromatic nitrogens is 3. The predicted octanol–water partition coefficient (Wildman–Crippen LogP) is 15.6. The van der Waals surface area contributed by atoms with Crippen molar-refractivity contribution in [2.24, 2.45) is 7.05 Å². The maximum absolute atomic E-state index is 13.9. The number of rotatable bonds is 5. The highest BCUT2D eigenvalue weighted by Gasteiger charge is 2.25. The highest BCUT2D eigenvalue weighted by atomic mass is 16.4. The van der Waals surface area contributed by atoms with Crippen LogP contribution in [0, 0.1) is 6.92 Å². The molecule has 0 atom stereocenters. The van der Waals surface area contributed by atoms with E-state index in [0.29, 0.717) is 33.7 Å². The summed E-state index contributed by atoms with van der Waals surface area (Å²) in [7, 11) is 2.03. The molecule has 0 saturated heterocycles. The van der Waals surface area contributed by atoms with Crippen molar-refractivity contribution < 1.29 is 8.83 Å². The van der Waals surface area contributed by atoms with Crippen molar-refractivity contribution in [3.05, 3.63) is 227 Å². The van der Waals surface area contributed by atoms with Gasteiger partial charge in [-0.3, -0.25) is 9.97 Å². The monoisotopic (exact) mass is 913 g/mol. The average molecular weight is 914 g/mol. The van der Waals surface area contributed by atoms with Gasteiger partial charge in [0.1, 0.15) is 11.2 Å². The van der Waals surface area contributed by atoms with E-state index in [4.69, 9.17) is 18.8 Å². The Labute approximate surface area is 405 Å². The van der Waals surface area contributed by atoms with Crippen molar-refractivity contribution in [2.75, 3.05) is 0 Å². The third-order valence-electron chi connectivity index (χ3n) is 14.6. The van der Waals surface area contributed by atoms with Gasteiger partial charge in [0, 0.05) is 40.0 Å². The van der Waals surface area contributed by atoms with Gasteiger partial charge in [0.15, 0.2) is 0 Å². The second-order valence-corrected chi connectivity index (χ2v) is 18.3. The molecule has 0 N–H and O–H groups in total. The molecule has 0 aliphatic carbocycles. The average Bonchev–Trinajstić information content (AvgIpc) is 3.79. The van der Waals surface area contributed by atoms with Gasteiger partial charge in [-0.15, -0.1) is 0 Å². The van der Waals surface area contributed by atoms with E-state index < -0.39 is 5.63 Å². The van der Waals surface area contributed by atoms with Crippen LogP contribution in [0.4, 0.5) is 0 Å². The highest BCUT2D eigenvalue weighted by Crippen LogP contribution is 2.50. The number of benzene rings is 10. The summed E-state index contributed by atoms with van der Waals surface area (Å²) >= 11 is 0. The van der Waals surface area contributed by atoms with E-state index >= 15 is 0 Å². The molecule has 0 radical (unpaired) electrons. The summed E-state index contributed by atoms with van der Waals surface area (Å²) in [5, 5.41) is 14.4. The predicted molar refractivity (Wildman–Crippen MR) is 290 cm³/mol. The smallest absolute Gasteiger partial charge is 0.346 e. The van der Waals surface area contributed by atoms with E-state index in [9.17, 15) is 9.59 Å². The molecule has 71 heavy (non-hydrogen) atoms. The SMILES string of the molecule is Cc1c(-c2cnc(-c3c4ccccc4c(-c4c5ccccc5c(-c5ccc(-c6cc7ccc8ccccc8c7oc6=O)n5C)c5ccccc45)c4ccccc34)cn2)c(=O)oc2ccc3ccccc3c12. The van der Waals surface area contributed by atoms with Crippen LogP contribution in [0.5, 0.6) is 0 Å². The van der Waals surface area contributed by atoms with E-state index in [1.165, 1.54) is 0 Å². The summed E-state index contributed by atoms with van der Waals surface area (Å²) in [4.78, 5) is 37.6. The summed E-state index contributed by atoms with van der Waals surface area (Å²) < 4.78 is 14.2. The molecule has 0 spiro atoms. The Morgan fingerprint density at radius 3 is 1.39 bits per heavy atom. The minimum Gasteiger partial charge on any atom is -0.422 e. The molecule has 4 heterocycles. The van der Waals surface area contributed by atoms with Crippen molar-refractivity contribution >= 4 is 86.6 Å². The van der Waals surface area contributed by atoms with Crippen LogP contribution in [0.15, 0.2) is 219 Å². The van der Waals surface area contributed by atoms with E-state index in [1.807, 2.05) is 80.7 Å². The summed E-state index contributed by atoms with van der Waals surface area (Å²) in [6, 6.07) is 64.5. The van der Waals surface area contributed by atoms with E-state index in [2.05, 4.69) is 126 Å². The zero-order valence-electron chi connectivity index (χ0n) is 38.5. The molecule has 334 valence electrons. The molecule has 10 aromatic carbocycles.